The number of ether oxygens (including phenoxy) is 1. The van der Waals surface area contributed by atoms with Crippen LogP contribution in [0.25, 0.3) is 0 Å². The molecule has 4 nitrogen and oxygen atoms in total. The van der Waals surface area contributed by atoms with Crippen LogP contribution in [-0.2, 0) is 14.3 Å². The summed E-state index contributed by atoms with van der Waals surface area (Å²) in [4.78, 5) is 24.8. The van der Waals surface area contributed by atoms with Gasteiger partial charge in [-0.05, 0) is 25.7 Å². The Hall–Kier alpha value is -1.32. The van der Waals surface area contributed by atoms with E-state index in [1.165, 1.54) is 6.42 Å². The predicted octanol–water partition coefficient (Wildman–Crippen LogP) is 3.21. The first kappa shape index (κ1) is 13.7. The second-order valence-corrected chi connectivity index (χ2v) is 6.34. The lowest BCUT2D eigenvalue weighted by Gasteiger charge is -2.43. The molecule has 1 aliphatic carbocycles. The van der Waals surface area contributed by atoms with Crippen molar-refractivity contribution in [3.05, 3.63) is 11.5 Å². The number of aliphatic hydroxyl groups excluding tert-OH is 1. The molecule has 1 unspecified atom stereocenters. The summed E-state index contributed by atoms with van der Waals surface area (Å²) >= 11 is 0. The van der Waals surface area contributed by atoms with Crippen LogP contribution in [0.1, 0.15) is 64.2 Å². The number of aliphatic hydroxyl groups is 1. The second-order valence-electron chi connectivity index (χ2n) is 6.34. The van der Waals surface area contributed by atoms with E-state index in [9.17, 15) is 14.7 Å². The Morgan fingerprint density at radius 3 is 2.50 bits per heavy atom. The molecule has 3 rings (SSSR count). The average molecular weight is 278 g/mol. The molecule has 0 amide bonds. The van der Waals surface area contributed by atoms with Crippen molar-refractivity contribution in [2.75, 3.05) is 0 Å². The van der Waals surface area contributed by atoms with Gasteiger partial charge in [-0.1, -0.05) is 19.3 Å². The van der Waals surface area contributed by atoms with Crippen LogP contribution in [0.4, 0.5) is 0 Å². The molecule has 2 fully saturated rings. The van der Waals surface area contributed by atoms with Gasteiger partial charge >= 0.3 is 0 Å². The van der Waals surface area contributed by atoms with Gasteiger partial charge in [-0.25, -0.2) is 0 Å². The van der Waals surface area contributed by atoms with Gasteiger partial charge in [0.1, 0.15) is 17.6 Å². The van der Waals surface area contributed by atoms with Crippen molar-refractivity contribution < 1.29 is 19.4 Å². The Bertz CT molecular complexity index is 457. The maximum atomic E-state index is 12.7. The second kappa shape index (κ2) is 5.23. The van der Waals surface area contributed by atoms with Crippen molar-refractivity contribution in [3.63, 3.8) is 0 Å². The molecule has 0 aromatic carbocycles. The molecule has 20 heavy (non-hydrogen) atoms. The van der Waals surface area contributed by atoms with E-state index in [2.05, 4.69) is 0 Å². The van der Waals surface area contributed by atoms with Gasteiger partial charge in [-0.2, -0.15) is 0 Å². The van der Waals surface area contributed by atoms with Gasteiger partial charge in [0.15, 0.2) is 5.76 Å². The molecule has 4 heteroatoms. The molecular weight excluding hydrogens is 256 g/mol. The van der Waals surface area contributed by atoms with Crippen molar-refractivity contribution >= 4 is 11.6 Å². The predicted molar refractivity (Wildman–Crippen MR) is 73.1 cm³/mol. The van der Waals surface area contributed by atoms with E-state index in [0.717, 1.165) is 25.7 Å². The maximum absolute atomic E-state index is 12.7. The van der Waals surface area contributed by atoms with Crippen LogP contribution in [0, 0.1) is 5.41 Å². The minimum atomic E-state index is -0.408. The first-order chi connectivity index (χ1) is 9.63. The van der Waals surface area contributed by atoms with E-state index in [-0.39, 0.29) is 29.2 Å². The fourth-order valence-electron chi connectivity index (χ4n) is 4.00. The van der Waals surface area contributed by atoms with E-state index < -0.39 is 5.41 Å². The SMILES string of the molecule is O=C1CCCC(=O)C2(CCCCC2)C2CCC(O)=C1O2. The lowest BCUT2D eigenvalue weighted by molar-refractivity contribution is -0.143. The molecule has 2 heterocycles. The topological polar surface area (TPSA) is 63.6 Å². The highest BCUT2D eigenvalue weighted by Gasteiger charge is 2.49. The van der Waals surface area contributed by atoms with Gasteiger partial charge < -0.3 is 9.84 Å². The van der Waals surface area contributed by atoms with Crippen molar-refractivity contribution in [2.45, 2.75) is 70.3 Å². The smallest absolute Gasteiger partial charge is 0.200 e. The third-order valence-electron chi connectivity index (χ3n) is 5.14. The van der Waals surface area contributed by atoms with Crippen LogP contribution in [-0.4, -0.2) is 22.8 Å². The quantitative estimate of drug-likeness (QED) is 0.739. The fourth-order valence-corrected chi connectivity index (χ4v) is 4.00. The molecular formula is C16H22O4. The number of carbonyl (C=O) groups excluding carboxylic acids is 2. The van der Waals surface area contributed by atoms with Crippen molar-refractivity contribution in [1.82, 2.24) is 0 Å². The van der Waals surface area contributed by atoms with Gasteiger partial charge in [0.2, 0.25) is 5.78 Å². The number of hydrogen-bond acceptors (Lipinski definition) is 4. The highest BCUT2D eigenvalue weighted by Crippen LogP contribution is 2.47. The van der Waals surface area contributed by atoms with Crippen LogP contribution in [0.15, 0.2) is 11.5 Å². The average Bonchev–Trinajstić information content (AvgIpc) is 2.50. The molecule has 2 bridgehead atoms. The minimum Gasteiger partial charge on any atom is -0.508 e. The van der Waals surface area contributed by atoms with Gasteiger partial charge in [-0.15, -0.1) is 0 Å². The number of hydrogen-bond donors (Lipinski definition) is 1. The zero-order valence-electron chi connectivity index (χ0n) is 11.8. The zero-order chi connectivity index (χ0) is 14.2. The van der Waals surface area contributed by atoms with Crippen LogP contribution >= 0.6 is 0 Å². The third kappa shape index (κ3) is 2.15. The molecule has 1 saturated carbocycles. The lowest BCUT2D eigenvalue weighted by Crippen LogP contribution is -2.46. The summed E-state index contributed by atoms with van der Waals surface area (Å²) in [6.45, 7) is 0. The summed E-state index contributed by atoms with van der Waals surface area (Å²) in [5.74, 6) is 0.345. The Balaban J connectivity index is 1.98. The molecule has 1 spiro atoms. The number of ketones is 2. The Morgan fingerprint density at radius 1 is 1.00 bits per heavy atom. The number of fused-ring (bicyclic) bond motifs is 3. The number of Topliss-reactive ketones (excluding diaryl/α,β-unsaturated/α-hetero) is 2. The van der Waals surface area contributed by atoms with Gasteiger partial charge in [0.05, 0.1) is 5.41 Å². The summed E-state index contributed by atoms with van der Waals surface area (Å²) < 4.78 is 5.85. The largest absolute Gasteiger partial charge is 0.508 e. The molecule has 3 aliphatic rings. The van der Waals surface area contributed by atoms with Crippen LogP contribution in [0.5, 0.6) is 0 Å². The van der Waals surface area contributed by atoms with Crippen molar-refractivity contribution in [1.29, 1.82) is 0 Å². The fraction of sp³-hybridized carbons (Fsp3) is 0.750. The summed E-state index contributed by atoms with van der Waals surface area (Å²) in [5, 5.41) is 9.90. The Kier molecular flexibility index (Phi) is 3.57. The van der Waals surface area contributed by atoms with Crippen LogP contribution in [0.2, 0.25) is 0 Å². The summed E-state index contributed by atoms with van der Waals surface area (Å²) in [6, 6.07) is 0. The Morgan fingerprint density at radius 2 is 1.75 bits per heavy atom. The first-order valence-electron chi connectivity index (χ1n) is 7.79. The van der Waals surface area contributed by atoms with Gasteiger partial charge in [-0.3, -0.25) is 9.59 Å². The van der Waals surface area contributed by atoms with E-state index in [1.54, 1.807) is 0 Å². The minimum absolute atomic E-state index is 0.0755. The summed E-state index contributed by atoms with van der Waals surface area (Å²) in [5.41, 5.74) is -0.408. The standard InChI is InChI=1S/C16H22O4/c17-11-5-4-6-13(19)16(9-2-1-3-10-16)14-8-7-12(18)15(11)20-14/h14,18H,1-10H2. The van der Waals surface area contributed by atoms with E-state index in [1.807, 2.05) is 0 Å². The highest BCUT2D eigenvalue weighted by atomic mass is 16.5. The highest BCUT2D eigenvalue weighted by molar-refractivity contribution is 5.95. The number of rotatable bonds is 0. The molecule has 0 aromatic heterocycles. The summed E-state index contributed by atoms with van der Waals surface area (Å²) in [7, 11) is 0. The molecule has 0 radical (unpaired) electrons. The number of carbonyl (C=O) groups is 2. The monoisotopic (exact) mass is 278 g/mol. The first-order valence-corrected chi connectivity index (χ1v) is 7.79. The maximum Gasteiger partial charge on any atom is 0.200 e. The van der Waals surface area contributed by atoms with E-state index in [0.29, 0.717) is 32.1 Å². The number of allylic oxidation sites excluding steroid dienone is 2. The lowest BCUT2D eigenvalue weighted by atomic mass is 9.65. The zero-order valence-corrected chi connectivity index (χ0v) is 11.8. The van der Waals surface area contributed by atoms with Crippen molar-refractivity contribution in [2.24, 2.45) is 5.41 Å². The van der Waals surface area contributed by atoms with Crippen molar-refractivity contribution in [3.8, 4) is 0 Å². The molecule has 2 aliphatic heterocycles. The molecule has 0 aromatic rings. The molecule has 110 valence electrons. The molecule has 1 N–H and O–H groups in total. The van der Waals surface area contributed by atoms with Gasteiger partial charge in [0, 0.05) is 19.3 Å². The van der Waals surface area contributed by atoms with E-state index in [4.69, 9.17) is 4.74 Å². The van der Waals surface area contributed by atoms with Gasteiger partial charge in [0.25, 0.3) is 0 Å². The normalized spacial score (nSPS) is 30.5. The summed E-state index contributed by atoms with van der Waals surface area (Å²) in [6.07, 6.45) is 7.28. The van der Waals surface area contributed by atoms with Crippen LogP contribution < -0.4 is 0 Å². The van der Waals surface area contributed by atoms with Crippen LogP contribution in [0.3, 0.4) is 0 Å². The Labute approximate surface area is 119 Å². The van der Waals surface area contributed by atoms with E-state index >= 15 is 0 Å². The molecule has 1 atom stereocenters. The third-order valence-corrected chi connectivity index (χ3v) is 5.14. The molecule has 1 saturated heterocycles.